The Kier molecular flexibility index (Phi) is 4.72. The molecule has 0 amide bonds. The van der Waals surface area contributed by atoms with Crippen LogP contribution in [0.25, 0.3) is 32.6 Å². The smallest absolute Gasteiger partial charge is 0.348 e. The van der Waals surface area contributed by atoms with Gasteiger partial charge in [0.2, 0.25) is 0 Å². The lowest BCUT2D eigenvalue weighted by Gasteiger charge is -2.12. The Morgan fingerprint density at radius 3 is 2.18 bits per heavy atom. The van der Waals surface area contributed by atoms with Crippen molar-refractivity contribution in [1.29, 1.82) is 0 Å². The molecular formula is C20H14N4O2S2. The van der Waals surface area contributed by atoms with E-state index in [9.17, 15) is 9.90 Å². The molecule has 2 aromatic carbocycles. The van der Waals surface area contributed by atoms with Crippen molar-refractivity contribution in [2.45, 2.75) is 0 Å². The quantitative estimate of drug-likeness (QED) is 0.432. The van der Waals surface area contributed by atoms with Gasteiger partial charge in [0, 0.05) is 16.5 Å². The molecule has 2 heterocycles. The number of aromatic carboxylic acids is 1. The summed E-state index contributed by atoms with van der Waals surface area (Å²) in [4.78, 5) is 12.4. The highest BCUT2D eigenvalue weighted by Gasteiger charge is 2.25. The van der Waals surface area contributed by atoms with Gasteiger partial charge in [-0.2, -0.15) is 0 Å². The monoisotopic (exact) mass is 406 g/mol. The molecule has 2 aromatic heterocycles. The molecule has 0 aliphatic carbocycles. The zero-order valence-electron chi connectivity index (χ0n) is 14.4. The van der Waals surface area contributed by atoms with Gasteiger partial charge < -0.3 is 16.2 Å². The summed E-state index contributed by atoms with van der Waals surface area (Å²) in [5.41, 5.74) is 9.21. The molecule has 138 valence electrons. The molecule has 0 radical (unpaired) electrons. The van der Waals surface area contributed by atoms with Crippen molar-refractivity contribution in [3.63, 3.8) is 0 Å². The topological polar surface area (TPSA) is 101 Å². The van der Waals surface area contributed by atoms with Crippen LogP contribution in [0.2, 0.25) is 0 Å². The molecule has 0 aliphatic rings. The van der Waals surface area contributed by atoms with Crippen molar-refractivity contribution >= 4 is 50.5 Å². The molecule has 4 rings (SSSR count). The second-order valence-corrected chi connectivity index (χ2v) is 7.38. The van der Waals surface area contributed by atoms with E-state index in [0.29, 0.717) is 21.6 Å². The highest BCUT2D eigenvalue weighted by molar-refractivity contribution is 7.80. The highest BCUT2D eigenvalue weighted by atomic mass is 32.1. The van der Waals surface area contributed by atoms with Crippen molar-refractivity contribution in [2.75, 3.05) is 5.32 Å². The summed E-state index contributed by atoms with van der Waals surface area (Å²) < 4.78 is 0. The number of anilines is 1. The van der Waals surface area contributed by atoms with E-state index in [2.05, 4.69) is 15.5 Å². The van der Waals surface area contributed by atoms with Crippen LogP contribution >= 0.6 is 23.6 Å². The van der Waals surface area contributed by atoms with Crippen LogP contribution in [0.5, 0.6) is 0 Å². The molecule has 0 spiro atoms. The molecule has 4 N–H and O–H groups in total. The normalized spacial score (nSPS) is 10.7. The number of carboxylic acid groups (broad SMARTS) is 1. The fourth-order valence-electron chi connectivity index (χ4n) is 3.06. The molecule has 0 aliphatic heterocycles. The number of benzene rings is 2. The minimum Gasteiger partial charge on any atom is -0.477 e. The van der Waals surface area contributed by atoms with Crippen molar-refractivity contribution < 1.29 is 9.90 Å². The molecule has 0 atom stereocenters. The zero-order chi connectivity index (χ0) is 19.7. The fraction of sp³-hybridized carbons (Fsp3) is 0. The van der Waals surface area contributed by atoms with Gasteiger partial charge in [-0.1, -0.05) is 60.7 Å². The summed E-state index contributed by atoms with van der Waals surface area (Å²) in [5, 5.41) is 21.8. The number of nitrogens with two attached hydrogens (primary N) is 1. The number of thiocarbonyl (C=S) groups is 1. The minimum atomic E-state index is -1.08. The maximum Gasteiger partial charge on any atom is 0.348 e. The van der Waals surface area contributed by atoms with Crippen LogP contribution in [-0.2, 0) is 0 Å². The number of carboxylic acids is 1. The summed E-state index contributed by atoms with van der Waals surface area (Å²) >= 11 is 6.02. The third-order valence-corrected chi connectivity index (χ3v) is 5.33. The van der Waals surface area contributed by atoms with Gasteiger partial charge in [0.1, 0.15) is 15.4 Å². The number of fused-ring (bicyclic) bond motifs is 1. The van der Waals surface area contributed by atoms with Crippen LogP contribution in [-0.4, -0.2) is 26.4 Å². The third kappa shape index (κ3) is 3.19. The number of thiophene rings is 1. The molecule has 0 saturated heterocycles. The van der Waals surface area contributed by atoms with E-state index in [0.717, 1.165) is 28.0 Å². The Bertz CT molecular complexity index is 1190. The van der Waals surface area contributed by atoms with Gasteiger partial charge in [0.05, 0.1) is 5.69 Å². The lowest BCUT2D eigenvalue weighted by Crippen LogP contribution is -2.20. The molecule has 4 aromatic rings. The summed E-state index contributed by atoms with van der Waals surface area (Å²) in [6.45, 7) is 0. The maximum atomic E-state index is 11.8. The van der Waals surface area contributed by atoms with Gasteiger partial charge >= 0.3 is 5.97 Å². The fourth-order valence-corrected chi connectivity index (χ4v) is 4.09. The lowest BCUT2D eigenvalue weighted by atomic mass is 9.96. The lowest BCUT2D eigenvalue weighted by molar-refractivity contribution is 0.0703. The Labute approximate surface area is 169 Å². The number of nitrogens with zero attached hydrogens (tertiary/aromatic N) is 2. The molecule has 28 heavy (non-hydrogen) atoms. The average molecular weight is 406 g/mol. The van der Waals surface area contributed by atoms with E-state index >= 15 is 0 Å². The van der Waals surface area contributed by atoms with Gasteiger partial charge in [0.15, 0.2) is 5.11 Å². The van der Waals surface area contributed by atoms with E-state index in [-0.39, 0.29) is 9.99 Å². The molecule has 8 heteroatoms. The summed E-state index contributed by atoms with van der Waals surface area (Å²) in [6, 6.07) is 19.3. The summed E-state index contributed by atoms with van der Waals surface area (Å²) in [6.07, 6.45) is 0. The Balaban J connectivity index is 2.15. The summed E-state index contributed by atoms with van der Waals surface area (Å²) in [5.74, 6) is -1.08. The Morgan fingerprint density at radius 2 is 1.61 bits per heavy atom. The molecule has 6 nitrogen and oxygen atoms in total. The van der Waals surface area contributed by atoms with Crippen LogP contribution < -0.4 is 11.1 Å². The van der Waals surface area contributed by atoms with E-state index < -0.39 is 5.97 Å². The van der Waals surface area contributed by atoms with Gasteiger partial charge in [-0.05, 0) is 17.8 Å². The first-order chi connectivity index (χ1) is 13.6. The number of nitrogens with one attached hydrogen (secondary N) is 1. The van der Waals surface area contributed by atoms with E-state index in [4.69, 9.17) is 18.0 Å². The first-order valence-corrected chi connectivity index (χ1v) is 9.52. The highest BCUT2D eigenvalue weighted by Crippen LogP contribution is 2.44. The van der Waals surface area contributed by atoms with E-state index in [1.165, 1.54) is 0 Å². The second kappa shape index (κ2) is 7.34. The second-order valence-electron chi connectivity index (χ2n) is 5.94. The van der Waals surface area contributed by atoms with Crippen LogP contribution in [0.3, 0.4) is 0 Å². The first kappa shape index (κ1) is 18.0. The van der Waals surface area contributed by atoms with Gasteiger partial charge in [0.25, 0.3) is 0 Å². The van der Waals surface area contributed by atoms with Crippen LogP contribution in [0.15, 0.2) is 60.7 Å². The zero-order valence-corrected chi connectivity index (χ0v) is 16.1. The number of rotatable bonds is 4. The largest absolute Gasteiger partial charge is 0.477 e. The molecule has 0 bridgehead atoms. The van der Waals surface area contributed by atoms with E-state index in [1.54, 1.807) is 0 Å². The minimum absolute atomic E-state index is 0.0146. The summed E-state index contributed by atoms with van der Waals surface area (Å²) in [7, 11) is 0. The van der Waals surface area contributed by atoms with Gasteiger partial charge in [-0.15, -0.1) is 21.5 Å². The SMILES string of the molecule is NC(=S)Nc1c(C(=O)O)sc2nnc(-c3ccccc3)c(-c3ccccc3)c12. The van der Waals surface area contributed by atoms with Crippen molar-refractivity contribution in [3.8, 4) is 22.4 Å². The molecule has 0 fully saturated rings. The first-order valence-electron chi connectivity index (χ1n) is 8.30. The number of hydrogen-bond donors (Lipinski definition) is 3. The number of carbonyl (C=O) groups is 1. The van der Waals surface area contributed by atoms with Crippen LogP contribution in [0.4, 0.5) is 5.69 Å². The Hall–Kier alpha value is -3.36. The average Bonchev–Trinajstić information content (AvgIpc) is 3.07. The standard InChI is InChI=1S/C20H14N4O2S2/c21-20(27)22-16-14-13(11-7-3-1-4-8-11)15(12-9-5-2-6-10-12)23-24-18(14)28-17(16)19(25)26/h1-10H,(H,25,26)(H3,21,22,27). The Morgan fingerprint density at radius 1 is 1.00 bits per heavy atom. The van der Waals surface area contributed by atoms with Crippen molar-refractivity contribution in [1.82, 2.24) is 10.2 Å². The van der Waals surface area contributed by atoms with Crippen molar-refractivity contribution in [2.24, 2.45) is 5.73 Å². The van der Waals surface area contributed by atoms with Crippen LogP contribution in [0, 0.1) is 0 Å². The number of aromatic nitrogens is 2. The van der Waals surface area contributed by atoms with Gasteiger partial charge in [-0.3, -0.25) is 0 Å². The third-order valence-electron chi connectivity index (χ3n) is 4.17. The maximum absolute atomic E-state index is 11.8. The molecular weight excluding hydrogens is 392 g/mol. The molecule has 0 unspecified atom stereocenters. The van der Waals surface area contributed by atoms with Crippen molar-refractivity contribution in [3.05, 3.63) is 65.5 Å². The van der Waals surface area contributed by atoms with E-state index in [1.807, 2.05) is 60.7 Å². The predicted octanol–water partition coefficient (Wildman–Crippen LogP) is 4.38. The predicted molar refractivity (Wildman–Crippen MR) is 116 cm³/mol. The van der Waals surface area contributed by atoms with Gasteiger partial charge in [-0.25, -0.2) is 4.79 Å². The molecule has 0 saturated carbocycles. The van der Waals surface area contributed by atoms with Crippen LogP contribution in [0.1, 0.15) is 9.67 Å². The number of hydrogen-bond acceptors (Lipinski definition) is 5.